The molecule has 5 aromatic rings. The molecule has 15 nitrogen and oxygen atoms in total. The molecule has 60 heavy (non-hydrogen) atoms. The highest BCUT2D eigenvalue weighted by Crippen LogP contribution is 2.65. The maximum Gasteiger partial charge on any atom is 0.347 e. The summed E-state index contributed by atoms with van der Waals surface area (Å²) in [4.78, 5) is 69.0. The van der Waals surface area contributed by atoms with E-state index in [4.69, 9.17) is 37.4 Å². The van der Waals surface area contributed by atoms with Crippen LogP contribution in [0.2, 0.25) is 0 Å². The van der Waals surface area contributed by atoms with Crippen LogP contribution in [0.25, 0.3) is 11.0 Å². The number of methoxy groups -OCH3 is 3. The van der Waals surface area contributed by atoms with Crippen LogP contribution < -0.4 is 36.0 Å². The molecule has 2 amide bonds. The van der Waals surface area contributed by atoms with Crippen LogP contribution in [0.4, 0.5) is 27.6 Å². The second-order valence-electron chi connectivity index (χ2n) is 14.2. The summed E-state index contributed by atoms with van der Waals surface area (Å²) in [5.74, 6) is -17.7. The number of fused-ring (bicyclic) bond motifs is 5. The molecule has 2 aliphatic heterocycles. The molecule has 3 aromatic carbocycles. The number of carbonyl (C=O) groups excluding carboxylic acids is 2. The monoisotopic (exact) mass is 878 g/mol. The number of rotatable bonds is 8. The number of phenols is 1. The van der Waals surface area contributed by atoms with Crippen LogP contribution in [0.1, 0.15) is 29.6 Å². The van der Waals surface area contributed by atoms with Gasteiger partial charge in [0.25, 0.3) is 17.4 Å². The summed E-state index contributed by atoms with van der Waals surface area (Å²) in [6.45, 7) is -0.776. The summed E-state index contributed by atoms with van der Waals surface area (Å²) in [6.07, 6.45) is 0.277. The van der Waals surface area contributed by atoms with Crippen molar-refractivity contribution in [3.8, 4) is 23.0 Å². The van der Waals surface area contributed by atoms with Gasteiger partial charge in [0, 0.05) is 50.0 Å². The van der Waals surface area contributed by atoms with Gasteiger partial charge in [-0.05, 0) is 23.8 Å². The average Bonchev–Trinajstić information content (AvgIpc) is 3.56. The number of aromatic nitrogens is 5. The van der Waals surface area contributed by atoms with Crippen molar-refractivity contribution in [1.29, 1.82) is 0 Å². The second kappa shape index (κ2) is 14.0. The fraction of sp³-hybridized carbons (Fsp3) is 0.316. The molecule has 2 fully saturated rings. The van der Waals surface area contributed by atoms with E-state index in [0.717, 1.165) is 20.0 Å². The summed E-state index contributed by atoms with van der Waals surface area (Å²) in [7, 11) is 5.59. The van der Waals surface area contributed by atoms with E-state index >= 15 is 8.78 Å². The molecule has 1 N–H and O–H groups in total. The van der Waals surface area contributed by atoms with Crippen molar-refractivity contribution < 1.29 is 50.9 Å². The van der Waals surface area contributed by atoms with Crippen LogP contribution in [-0.4, -0.2) is 71.5 Å². The Morgan fingerprint density at radius 2 is 1.48 bits per heavy atom. The lowest BCUT2D eigenvalue weighted by atomic mass is 9.64. The normalized spacial score (nSPS) is 22.1. The molecule has 0 bridgehead atoms. The van der Waals surface area contributed by atoms with E-state index < -0.39 is 104 Å². The Balaban J connectivity index is 1.27. The number of hydrogen-bond acceptors (Lipinski definition) is 10. The molecular weight excluding hydrogens is 850 g/mol. The minimum atomic E-state index is -2.89. The molecular formula is C38H29Cl2F5N6O9. The maximum atomic E-state index is 15.3. The van der Waals surface area contributed by atoms with E-state index in [-0.39, 0.29) is 40.4 Å². The first-order valence-electron chi connectivity index (χ1n) is 17.8. The lowest BCUT2D eigenvalue weighted by molar-refractivity contribution is -0.122. The molecule has 0 radical (unpaired) electrons. The Morgan fingerprint density at radius 3 is 2.12 bits per heavy atom. The highest BCUT2D eigenvalue weighted by Gasteiger charge is 2.76. The number of halogens is 7. The molecule has 314 valence electrons. The lowest BCUT2D eigenvalue weighted by Gasteiger charge is -2.49. The van der Waals surface area contributed by atoms with Crippen molar-refractivity contribution in [3.63, 3.8) is 0 Å². The van der Waals surface area contributed by atoms with E-state index in [1.54, 1.807) is 12.1 Å². The minimum Gasteiger partial charge on any atom is -0.508 e. The number of nitrogens with zero attached hydrogens (tertiary/aromatic N) is 6. The summed E-state index contributed by atoms with van der Waals surface area (Å²) in [5, 5.41) is 11.2. The highest BCUT2D eigenvalue weighted by atomic mass is 35.5. The first-order chi connectivity index (χ1) is 28.4. The van der Waals surface area contributed by atoms with Gasteiger partial charge in [-0.15, -0.1) is 23.2 Å². The van der Waals surface area contributed by atoms with Crippen LogP contribution in [0.15, 0.2) is 56.4 Å². The van der Waals surface area contributed by atoms with Crippen molar-refractivity contribution >= 4 is 51.7 Å². The Labute approximate surface area is 342 Å². The summed E-state index contributed by atoms with van der Waals surface area (Å²) in [6, 6.07) is 5.30. The summed E-state index contributed by atoms with van der Waals surface area (Å²) >= 11 is 14.3. The van der Waals surface area contributed by atoms with Gasteiger partial charge >= 0.3 is 11.4 Å². The molecule has 1 saturated carbocycles. The second-order valence-corrected chi connectivity index (χ2v) is 15.4. The SMILES string of the molecule is COc1ccc(O)c([C@H]2C3=CCn4c(=O)n(CCc5nc6cc(OC)c(OC)cc6n(C)c5=O)c(=O)n4[C@@H]3C[C@@]3(Cl)C(=O)N(c4c(F)c(F)c(F)c(F)c4F)C(=O)[C@@]23Cl)c1. The third-order valence-corrected chi connectivity index (χ3v) is 12.7. The van der Waals surface area contributed by atoms with Gasteiger partial charge in [0.15, 0.2) is 44.5 Å². The Hall–Kier alpha value is -6.15. The van der Waals surface area contributed by atoms with E-state index in [2.05, 4.69) is 4.98 Å². The number of anilines is 1. The summed E-state index contributed by atoms with van der Waals surface area (Å²) in [5.41, 5.74) is -3.91. The van der Waals surface area contributed by atoms with Crippen molar-refractivity contribution in [1.82, 2.24) is 23.5 Å². The summed E-state index contributed by atoms with van der Waals surface area (Å²) < 4.78 is 93.9. The number of alkyl halides is 2. The fourth-order valence-electron chi connectivity index (χ4n) is 8.39. The number of imide groups is 1. The van der Waals surface area contributed by atoms with Gasteiger partial charge < -0.3 is 23.9 Å². The zero-order chi connectivity index (χ0) is 43.5. The Bertz CT molecular complexity index is 2940. The molecule has 2 aromatic heterocycles. The maximum absolute atomic E-state index is 15.3. The predicted octanol–water partition coefficient (Wildman–Crippen LogP) is 3.93. The standard InChI is InChI=1S/C38H29Cl2F5N6O9/c1-47-20-13-24(60-4)23(59-3)12-19(20)46-18(32(47)53)8-9-48-35(56)49-10-7-16-21(51(49)36(48)57)14-37(39)33(54)50(31-29(44)27(42)26(41)28(43)30(31)45)34(55)38(37,40)25(16)17-11-15(58-2)5-6-22(17)52/h5-7,11-13,21,25,52H,8-10,14H2,1-4H3/t21-,25-,37-,38+/m1/s1. The quantitative estimate of drug-likeness (QED) is 0.0603. The zero-order valence-electron chi connectivity index (χ0n) is 31.5. The molecule has 8 rings (SSSR count). The number of aryl methyl sites for hydroxylation is 2. The number of ether oxygens (including phenoxy) is 3. The van der Waals surface area contributed by atoms with Gasteiger partial charge in [-0.1, -0.05) is 6.08 Å². The van der Waals surface area contributed by atoms with Crippen LogP contribution in [0.5, 0.6) is 23.0 Å². The number of aromatic hydroxyl groups is 1. The molecule has 1 aliphatic carbocycles. The molecule has 0 spiro atoms. The van der Waals surface area contributed by atoms with Gasteiger partial charge in [-0.3, -0.25) is 14.4 Å². The van der Waals surface area contributed by atoms with E-state index in [1.807, 2.05) is 0 Å². The molecule has 22 heteroatoms. The predicted molar refractivity (Wildman–Crippen MR) is 202 cm³/mol. The number of allylic oxidation sites excluding steroid dienone is 2. The lowest BCUT2D eigenvalue weighted by Crippen LogP contribution is -2.59. The van der Waals surface area contributed by atoms with Gasteiger partial charge in [0.1, 0.15) is 22.9 Å². The first kappa shape index (κ1) is 40.6. The highest BCUT2D eigenvalue weighted by molar-refractivity contribution is 6.58. The largest absolute Gasteiger partial charge is 0.508 e. The van der Waals surface area contributed by atoms with E-state index in [1.165, 1.54) is 51.2 Å². The molecule has 4 atom stereocenters. The van der Waals surface area contributed by atoms with Gasteiger partial charge in [0.2, 0.25) is 5.82 Å². The Kier molecular flexibility index (Phi) is 9.46. The zero-order valence-corrected chi connectivity index (χ0v) is 33.0. The van der Waals surface area contributed by atoms with E-state index in [9.17, 15) is 42.3 Å². The van der Waals surface area contributed by atoms with Crippen molar-refractivity contribution in [3.05, 3.63) is 114 Å². The minimum absolute atomic E-state index is 0.0129. The van der Waals surface area contributed by atoms with Crippen LogP contribution >= 0.6 is 23.2 Å². The molecule has 1 saturated heterocycles. The topological polar surface area (TPSA) is 169 Å². The van der Waals surface area contributed by atoms with Gasteiger partial charge in [-0.25, -0.2) is 55.4 Å². The Morgan fingerprint density at radius 1 is 0.850 bits per heavy atom. The molecule has 0 unspecified atom stereocenters. The average molecular weight is 880 g/mol. The van der Waals surface area contributed by atoms with Crippen molar-refractivity contribution in [2.75, 3.05) is 26.2 Å². The smallest absolute Gasteiger partial charge is 0.347 e. The van der Waals surface area contributed by atoms with E-state index in [0.29, 0.717) is 22.5 Å². The number of phenolic OH excluding ortho intramolecular Hbond substituents is 1. The van der Waals surface area contributed by atoms with Crippen LogP contribution in [-0.2, 0) is 36.1 Å². The van der Waals surface area contributed by atoms with Gasteiger partial charge in [-0.2, -0.15) is 0 Å². The molecule has 4 heterocycles. The van der Waals surface area contributed by atoms with Crippen LogP contribution in [0.3, 0.4) is 0 Å². The number of benzene rings is 3. The number of amides is 2. The molecule has 3 aliphatic rings. The third kappa shape index (κ3) is 5.31. The first-order valence-corrected chi connectivity index (χ1v) is 18.5. The number of carbonyl (C=O) groups is 2. The van der Waals surface area contributed by atoms with Crippen molar-refractivity contribution in [2.45, 2.75) is 47.6 Å². The number of hydrogen-bond donors (Lipinski definition) is 1. The fourth-order valence-corrected chi connectivity index (χ4v) is 9.30. The van der Waals surface area contributed by atoms with Crippen molar-refractivity contribution in [2.24, 2.45) is 7.05 Å². The van der Waals surface area contributed by atoms with Crippen LogP contribution in [0, 0.1) is 29.1 Å². The third-order valence-electron chi connectivity index (χ3n) is 11.3. The van der Waals surface area contributed by atoms with Gasteiger partial charge in [0.05, 0.1) is 44.9 Å².